The topological polar surface area (TPSA) is 64.3 Å². The predicted octanol–water partition coefficient (Wildman–Crippen LogP) is 8.93. The van der Waals surface area contributed by atoms with Crippen LogP contribution in [0.15, 0.2) is 42.0 Å². The highest BCUT2D eigenvalue weighted by Crippen LogP contribution is 2.31. The van der Waals surface area contributed by atoms with Crippen molar-refractivity contribution < 1.29 is 9.90 Å². The van der Waals surface area contributed by atoms with Crippen molar-refractivity contribution in [3.8, 4) is 16.5 Å². The maximum absolute atomic E-state index is 11.1. The van der Waals surface area contributed by atoms with Crippen molar-refractivity contribution in [1.29, 1.82) is 5.26 Å². The monoisotopic (exact) mass is 494 g/mol. The van der Waals surface area contributed by atoms with E-state index in [1.165, 1.54) is 100 Å². The van der Waals surface area contributed by atoms with Crippen molar-refractivity contribution in [1.82, 2.24) is 0 Å². The van der Waals surface area contributed by atoms with Crippen LogP contribution in [0.3, 0.4) is 0 Å². The molecule has 1 heterocycles. The Balaban J connectivity index is 2.01. The first-order chi connectivity index (χ1) is 17.1. The predicted molar refractivity (Wildman–Crippen MR) is 150 cm³/mol. The molecule has 4 nitrogen and oxygen atoms in total. The molecular formula is C30H42N2O2S. The Morgan fingerprint density at radius 1 is 0.857 bits per heavy atom. The standard InChI is InChI=1S/C30H42N2O2S/c1-3-5-7-9-11-13-21-32(22-14-12-10-8-6-4-2)27-17-15-25(16-18-27)29-20-19-28(35-29)23-26(24-31)30(33)34/h15-20,23H,3-14,21-22H2,1-2H3,(H,33,34)/b26-23-. The molecule has 2 aromatic rings. The molecule has 5 heteroatoms. The average Bonchev–Trinajstić information content (AvgIpc) is 3.34. The van der Waals surface area contributed by atoms with Gasteiger partial charge in [0.1, 0.15) is 11.6 Å². The second kappa shape index (κ2) is 16.9. The van der Waals surface area contributed by atoms with Crippen molar-refractivity contribution in [2.45, 2.75) is 90.9 Å². The normalized spacial score (nSPS) is 11.4. The molecule has 190 valence electrons. The fourth-order valence-corrected chi connectivity index (χ4v) is 5.20. The lowest BCUT2D eigenvalue weighted by Gasteiger charge is -2.25. The number of nitrogens with zero attached hydrogens (tertiary/aromatic N) is 2. The van der Waals surface area contributed by atoms with E-state index in [0.29, 0.717) is 0 Å². The molecule has 0 atom stereocenters. The van der Waals surface area contributed by atoms with E-state index in [1.807, 2.05) is 12.1 Å². The number of hydrogen-bond donors (Lipinski definition) is 1. The van der Waals surface area contributed by atoms with Gasteiger partial charge in [0.25, 0.3) is 0 Å². The second-order valence-electron chi connectivity index (χ2n) is 9.25. The van der Waals surface area contributed by atoms with Crippen LogP contribution in [0.1, 0.15) is 95.8 Å². The van der Waals surface area contributed by atoms with Gasteiger partial charge in [-0.3, -0.25) is 0 Å². The molecule has 0 fully saturated rings. The third-order valence-electron chi connectivity index (χ3n) is 6.34. The Labute approximate surface area is 216 Å². The lowest BCUT2D eigenvalue weighted by molar-refractivity contribution is -0.132. The molecule has 0 saturated carbocycles. The molecule has 35 heavy (non-hydrogen) atoms. The average molecular weight is 495 g/mol. The highest BCUT2D eigenvalue weighted by Gasteiger charge is 2.10. The van der Waals surface area contributed by atoms with Crippen LogP contribution in [0.5, 0.6) is 0 Å². The number of unbranched alkanes of at least 4 members (excludes halogenated alkanes) is 10. The molecule has 0 aliphatic carbocycles. The molecule has 1 aromatic heterocycles. The third kappa shape index (κ3) is 10.7. The van der Waals surface area contributed by atoms with Gasteiger partial charge in [-0.25, -0.2) is 4.79 Å². The molecule has 0 saturated heterocycles. The number of nitriles is 1. The lowest BCUT2D eigenvalue weighted by atomic mass is 10.1. The molecular weight excluding hydrogens is 452 g/mol. The number of anilines is 1. The minimum atomic E-state index is -1.19. The number of carbonyl (C=O) groups is 1. The van der Waals surface area contributed by atoms with E-state index in [4.69, 9.17) is 10.4 Å². The maximum Gasteiger partial charge on any atom is 0.346 e. The zero-order valence-corrected chi connectivity index (χ0v) is 22.4. The Morgan fingerprint density at radius 2 is 1.40 bits per heavy atom. The molecule has 2 rings (SSSR count). The van der Waals surface area contributed by atoms with E-state index >= 15 is 0 Å². The van der Waals surface area contributed by atoms with Gasteiger partial charge >= 0.3 is 5.97 Å². The molecule has 1 aromatic carbocycles. The van der Waals surface area contributed by atoms with Crippen LogP contribution in [-0.4, -0.2) is 24.2 Å². The molecule has 0 spiro atoms. The number of carboxylic acids is 1. The Hall–Kier alpha value is -2.58. The summed E-state index contributed by atoms with van der Waals surface area (Å²) in [5.41, 5.74) is 2.16. The van der Waals surface area contributed by atoms with Crippen LogP contribution in [0, 0.1) is 11.3 Å². The number of hydrogen-bond acceptors (Lipinski definition) is 4. The summed E-state index contributed by atoms with van der Waals surface area (Å²) in [6.07, 6.45) is 17.2. The summed E-state index contributed by atoms with van der Waals surface area (Å²) < 4.78 is 0. The second-order valence-corrected chi connectivity index (χ2v) is 10.4. The molecule has 0 aliphatic rings. The molecule has 0 unspecified atom stereocenters. The zero-order chi connectivity index (χ0) is 25.3. The van der Waals surface area contributed by atoms with E-state index in [-0.39, 0.29) is 5.57 Å². The summed E-state index contributed by atoms with van der Waals surface area (Å²) >= 11 is 1.50. The molecule has 1 N–H and O–H groups in total. The summed E-state index contributed by atoms with van der Waals surface area (Å²) in [4.78, 5) is 15.5. The van der Waals surface area contributed by atoms with Crippen LogP contribution in [0.4, 0.5) is 5.69 Å². The Morgan fingerprint density at radius 3 is 1.91 bits per heavy atom. The van der Waals surface area contributed by atoms with E-state index in [9.17, 15) is 4.79 Å². The minimum absolute atomic E-state index is 0.242. The fraction of sp³-hybridized carbons (Fsp3) is 0.533. The largest absolute Gasteiger partial charge is 0.477 e. The number of thiophene rings is 1. The van der Waals surface area contributed by atoms with Crippen molar-refractivity contribution in [3.05, 3.63) is 46.8 Å². The van der Waals surface area contributed by atoms with Crippen molar-refractivity contribution in [2.24, 2.45) is 0 Å². The molecule has 0 bridgehead atoms. The van der Waals surface area contributed by atoms with Crippen LogP contribution in [0.2, 0.25) is 0 Å². The van der Waals surface area contributed by atoms with Crippen LogP contribution >= 0.6 is 11.3 Å². The summed E-state index contributed by atoms with van der Waals surface area (Å²) in [7, 11) is 0. The van der Waals surface area contributed by atoms with Crippen molar-refractivity contribution in [3.63, 3.8) is 0 Å². The van der Waals surface area contributed by atoms with Crippen LogP contribution < -0.4 is 4.90 Å². The summed E-state index contributed by atoms with van der Waals surface area (Å²) in [6, 6.07) is 14.4. The minimum Gasteiger partial charge on any atom is -0.477 e. The van der Waals surface area contributed by atoms with Crippen LogP contribution in [0.25, 0.3) is 16.5 Å². The van der Waals surface area contributed by atoms with Gasteiger partial charge in [-0.15, -0.1) is 11.3 Å². The first-order valence-corrected chi connectivity index (χ1v) is 14.2. The molecule has 0 amide bonds. The van der Waals surface area contributed by atoms with E-state index in [1.54, 1.807) is 6.07 Å². The number of rotatable bonds is 18. The van der Waals surface area contributed by atoms with Gasteiger partial charge in [0.2, 0.25) is 0 Å². The van der Waals surface area contributed by atoms with E-state index in [2.05, 4.69) is 43.0 Å². The molecule has 0 radical (unpaired) electrons. The van der Waals surface area contributed by atoms with Gasteiger partial charge in [-0.1, -0.05) is 90.2 Å². The van der Waals surface area contributed by atoms with Crippen molar-refractivity contribution >= 4 is 29.1 Å². The first-order valence-electron chi connectivity index (χ1n) is 13.4. The Kier molecular flexibility index (Phi) is 13.9. The van der Waals surface area contributed by atoms with Gasteiger partial charge in [0.05, 0.1) is 0 Å². The van der Waals surface area contributed by atoms with Crippen LogP contribution in [-0.2, 0) is 4.79 Å². The SMILES string of the molecule is CCCCCCCCN(CCCCCCCC)c1ccc(-c2ccc(/C=C(/C#N)C(=O)O)s2)cc1. The summed E-state index contributed by atoms with van der Waals surface area (Å²) in [5.74, 6) is -1.19. The van der Waals surface area contributed by atoms with Gasteiger partial charge in [-0.2, -0.15) is 5.26 Å². The smallest absolute Gasteiger partial charge is 0.346 e. The zero-order valence-electron chi connectivity index (χ0n) is 21.6. The van der Waals surface area contributed by atoms with Gasteiger partial charge < -0.3 is 10.0 Å². The van der Waals surface area contributed by atoms with E-state index < -0.39 is 5.97 Å². The highest BCUT2D eigenvalue weighted by atomic mass is 32.1. The van der Waals surface area contributed by atoms with Gasteiger partial charge in [0.15, 0.2) is 0 Å². The first kappa shape index (κ1) is 28.7. The third-order valence-corrected chi connectivity index (χ3v) is 7.43. The fourth-order valence-electron chi connectivity index (χ4n) is 4.24. The Bertz CT molecular complexity index is 924. The van der Waals surface area contributed by atoms with E-state index in [0.717, 1.165) is 28.4 Å². The summed E-state index contributed by atoms with van der Waals surface area (Å²) in [6.45, 7) is 6.75. The quantitative estimate of drug-likeness (QED) is 0.128. The van der Waals surface area contributed by atoms with Crippen molar-refractivity contribution in [2.75, 3.05) is 18.0 Å². The van der Waals surface area contributed by atoms with Gasteiger partial charge in [0, 0.05) is 28.5 Å². The number of benzene rings is 1. The lowest BCUT2D eigenvalue weighted by Crippen LogP contribution is -2.25. The maximum atomic E-state index is 11.1. The van der Waals surface area contributed by atoms with Gasteiger partial charge in [-0.05, 0) is 48.7 Å². The number of carboxylic acid groups (broad SMARTS) is 1. The summed E-state index contributed by atoms with van der Waals surface area (Å²) in [5, 5.41) is 18.1. The highest BCUT2D eigenvalue weighted by molar-refractivity contribution is 7.16. The molecule has 0 aliphatic heterocycles. The number of aliphatic carboxylic acids is 1.